The van der Waals surface area contributed by atoms with Crippen molar-refractivity contribution < 1.29 is 13.2 Å². The maximum absolute atomic E-state index is 11.6. The lowest BCUT2D eigenvalue weighted by Gasteiger charge is -2.08. The first-order valence-corrected chi connectivity index (χ1v) is 7.90. The van der Waals surface area contributed by atoms with E-state index in [9.17, 15) is 8.42 Å². The molecule has 4 nitrogen and oxygen atoms in total. The molecule has 0 saturated heterocycles. The monoisotopic (exact) mass is 271 g/mol. The number of ether oxygens (including phenoxy) is 1. The van der Waals surface area contributed by atoms with Crippen molar-refractivity contribution in [3.63, 3.8) is 0 Å². The Balaban J connectivity index is 2.31. The molecule has 0 aromatic heterocycles. The molecule has 2 N–H and O–H groups in total. The van der Waals surface area contributed by atoms with Crippen molar-refractivity contribution in [2.24, 2.45) is 5.92 Å². The third kappa shape index (κ3) is 5.91. The van der Waals surface area contributed by atoms with Gasteiger partial charge in [-0.3, -0.25) is 0 Å². The first kappa shape index (κ1) is 14.8. The zero-order chi connectivity index (χ0) is 13.6. The van der Waals surface area contributed by atoms with Crippen LogP contribution in [0.2, 0.25) is 0 Å². The van der Waals surface area contributed by atoms with E-state index in [0.29, 0.717) is 24.5 Å². The largest absolute Gasteiger partial charge is 0.493 e. The van der Waals surface area contributed by atoms with Crippen molar-refractivity contribution in [3.05, 3.63) is 24.3 Å². The minimum Gasteiger partial charge on any atom is -0.493 e. The van der Waals surface area contributed by atoms with Crippen LogP contribution in [0.5, 0.6) is 5.75 Å². The van der Waals surface area contributed by atoms with Crippen LogP contribution >= 0.6 is 0 Å². The van der Waals surface area contributed by atoms with E-state index in [0.717, 1.165) is 0 Å². The van der Waals surface area contributed by atoms with E-state index >= 15 is 0 Å². The Kier molecular flexibility index (Phi) is 5.47. The molecule has 18 heavy (non-hydrogen) atoms. The van der Waals surface area contributed by atoms with Crippen LogP contribution < -0.4 is 10.5 Å². The van der Waals surface area contributed by atoms with Crippen LogP contribution in [0.1, 0.15) is 20.3 Å². The van der Waals surface area contributed by atoms with Gasteiger partial charge in [0.25, 0.3) is 0 Å². The average molecular weight is 271 g/mol. The van der Waals surface area contributed by atoms with E-state index in [4.69, 9.17) is 10.5 Å². The van der Waals surface area contributed by atoms with Crippen LogP contribution in [0.25, 0.3) is 0 Å². The molecule has 0 radical (unpaired) electrons. The Bertz CT molecular complexity index is 469. The second-order valence-corrected chi connectivity index (χ2v) is 7.01. The molecule has 102 valence electrons. The van der Waals surface area contributed by atoms with Crippen LogP contribution in [-0.2, 0) is 9.84 Å². The molecule has 1 aromatic rings. The molecule has 1 rings (SSSR count). The summed E-state index contributed by atoms with van der Waals surface area (Å²) in [6.07, 6.45) is 0.504. The van der Waals surface area contributed by atoms with Gasteiger partial charge in [-0.25, -0.2) is 8.42 Å². The molecule has 0 amide bonds. The minimum atomic E-state index is -2.95. The molecule has 5 heteroatoms. The second kappa shape index (κ2) is 6.64. The zero-order valence-corrected chi connectivity index (χ0v) is 11.7. The number of hydrogen-bond donors (Lipinski definition) is 1. The summed E-state index contributed by atoms with van der Waals surface area (Å²) < 4.78 is 28.7. The zero-order valence-electron chi connectivity index (χ0n) is 10.9. The lowest BCUT2D eigenvalue weighted by atomic mass is 10.3. The normalized spacial score (nSPS) is 11.7. The summed E-state index contributed by atoms with van der Waals surface area (Å²) in [7, 11) is -2.95. The number of nitrogens with two attached hydrogens (primary N) is 1. The predicted molar refractivity (Wildman–Crippen MR) is 74.5 cm³/mol. The van der Waals surface area contributed by atoms with E-state index < -0.39 is 9.84 Å². The van der Waals surface area contributed by atoms with Gasteiger partial charge in [-0.1, -0.05) is 19.9 Å². The quantitative estimate of drug-likeness (QED) is 0.609. The first-order chi connectivity index (χ1) is 8.39. The highest BCUT2D eigenvalue weighted by Gasteiger charge is 2.12. The molecule has 0 unspecified atom stereocenters. The van der Waals surface area contributed by atoms with Gasteiger partial charge in [0.1, 0.15) is 5.75 Å². The highest BCUT2D eigenvalue weighted by atomic mass is 32.2. The van der Waals surface area contributed by atoms with Gasteiger partial charge in [0.15, 0.2) is 9.84 Å². The Hall–Kier alpha value is -1.23. The number of benzene rings is 1. The second-order valence-electron chi connectivity index (χ2n) is 4.78. The number of rotatable bonds is 7. The van der Waals surface area contributed by atoms with Crippen LogP contribution in [-0.4, -0.2) is 26.5 Å². The van der Waals surface area contributed by atoms with Crippen molar-refractivity contribution in [2.45, 2.75) is 20.3 Å². The van der Waals surface area contributed by atoms with Crippen LogP contribution in [0.4, 0.5) is 5.69 Å². The van der Waals surface area contributed by atoms with E-state index in [1.54, 1.807) is 24.3 Å². The summed E-state index contributed by atoms with van der Waals surface area (Å²) in [6, 6.07) is 7.11. The van der Waals surface area contributed by atoms with Gasteiger partial charge < -0.3 is 10.5 Å². The van der Waals surface area contributed by atoms with E-state index in [1.165, 1.54) is 0 Å². The molecule has 0 aliphatic heterocycles. The Morgan fingerprint density at radius 3 is 2.67 bits per heavy atom. The van der Waals surface area contributed by atoms with Crippen LogP contribution in [0.15, 0.2) is 24.3 Å². The highest BCUT2D eigenvalue weighted by Crippen LogP contribution is 2.14. The van der Waals surface area contributed by atoms with Gasteiger partial charge in [-0.15, -0.1) is 0 Å². The fraction of sp³-hybridized carbons (Fsp3) is 0.538. The third-order valence-corrected chi connectivity index (χ3v) is 4.40. The fourth-order valence-electron chi connectivity index (χ4n) is 1.66. The highest BCUT2D eigenvalue weighted by molar-refractivity contribution is 7.91. The molecule has 0 atom stereocenters. The minimum absolute atomic E-state index is 0.171. The molecule has 0 aliphatic rings. The summed E-state index contributed by atoms with van der Waals surface area (Å²) in [6.45, 7) is 4.20. The fourth-order valence-corrected chi connectivity index (χ4v) is 3.40. The van der Waals surface area contributed by atoms with Crippen molar-refractivity contribution in [2.75, 3.05) is 23.8 Å². The molecule has 0 heterocycles. The van der Waals surface area contributed by atoms with Crippen LogP contribution in [0, 0.1) is 5.92 Å². The summed E-state index contributed by atoms with van der Waals surface area (Å²) in [5, 5.41) is 0. The Morgan fingerprint density at radius 2 is 2.06 bits per heavy atom. The lowest BCUT2D eigenvalue weighted by Crippen LogP contribution is -2.17. The van der Waals surface area contributed by atoms with Crippen molar-refractivity contribution in [1.29, 1.82) is 0 Å². The van der Waals surface area contributed by atoms with Crippen LogP contribution in [0.3, 0.4) is 0 Å². The molecule has 0 spiro atoms. The van der Waals surface area contributed by atoms with Gasteiger partial charge in [-0.05, 0) is 24.5 Å². The maximum Gasteiger partial charge on any atom is 0.150 e. The average Bonchev–Trinajstić information content (AvgIpc) is 2.23. The first-order valence-electron chi connectivity index (χ1n) is 6.08. The van der Waals surface area contributed by atoms with Crippen molar-refractivity contribution in [1.82, 2.24) is 0 Å². The van der Waals surface area contributed by atoms with Gasteiger partial charge in [0.05, 0.1) is 18.1 Å². The van der Waals surface area contributed by atoms with Gasteiger partial charge in [0.2, 0.25) is 0 Å². The van der Waals surface area contributed by atoms with Gasteiger partial charge in [0, 0.05) is 11.8 Å². The molecule has 0 bridgehead atoms. The standard InChI is InChI=1S/C13H21NO3S/c1-11(2)10-18(15,16)8-4-7-17-13-6-3-5-12(14)9-13/h3,5-6,9,11H,4,7-8,10,14H2,1-2H3. The Labute approximate surface area is 109 Å². The summed E-state index contributed by atoms with van der Waals surface area (Å²) >= 11 is 0. The summed E-state index contributed by atoms with van der Waals surface area (Å²) in [4.78, 5) is 0. The van der Waals surface area contributed by atoms with E-state index in [2.05, 4.69) is 0 Å². The third-order valence-electron chi connectivity index (χ3n) is 2.31. The van der Waals surface area contributed by atoms with Crippen molar-refractivity contribution in [3.8, 4) is 5.75 Å². The SMILES string of the molecule is CC(C)CS(=O)(=O)CCCOc1cccc(N)c1. The molecule has 0 fully saturated rings. The summed E-state index contributed by atoms with van der Waals surface area (Å²) in [5.74, 6) is 1.26. The summed E-state index contributed by atoms with van der Waals surface area (Å²) in [5.41, 5.74) is 6.25. The molecule has 0 saturated carbocycles. The molecule has 0 aliphatic carbocycles. The molecular weight excluding hydrogens is 250 g/mol. The van der Waals surface area contributed by atoms with E-state index in [-0.39, 0.29) is 17.4 Å². The smallest absolute Gasteiger partial charge is 0.150 e. The van der Waals surface area contributed by atoms with Gasteiger partial charge in [-0.2, -0.15) is 0 Å². The number of nitrogen functional groups attached to an aromatic ring is 1. The molecule has 1 aromatic carbocycles. The topological polar surface area (TPSA) is 69.4 Å². The van der Waals surface area contributed by atoms with Gasteiger partial charge >= 0.3 is 0 Å². The van der Waals surface area contributed by atoms with E-state index in [1.807, 2.05) is 13.8 Å². The Morgan fingerprint density at radius 1 is 1.33 bits per heavy atom. The lowest BCUT2D eigenvalue weighted by molar-refractivity contribution is 0.318. The predicted octanol–water partition coefficient (Wildman–Crippen LogP) is 2.11. The maximum atomic E-state index is 11.6. The molecular formula is C13H21NO3S. The number of sulfone groups is 1. The number of hydrogen-bond acceptors (Lipinski definition) is 4. The number of anilines is 1. The van der Waals surface area contributed by atoms with Crippen molar-refractivity contribution >= 4 is 15.5 Å².